The second-order valence-electron chi connectivity index (χ2n) is 7.67. The number of nitrogens with one attached hydrogen (secondary N) is 2. The van der Waals surface area contributed by atoms with E-state index in [4.69, 9.17) is 4.98 Å². The molecule has 1 aliphatic heterocycles. The van der Waals surface area contributed by atoms with Gasteiger partial charge in [-0.3, -0.25) is 4.72 Å². The predicted molar refractivity (Wildman–Crippen MR) is 111 cm³/mol. The van der Waals surface area contributed by atoms with E-state index in [1.165, 1.54) is 25.9 Å². The van der Waals surface area contributed by atoms with Gasteiger partial charge >= 0.3 is 0 Å². The smallest absolute Gasteiger partial charge is 0.261 e. The minimum atomic E-state index is -3.61. The van der Waals surface area contributed by atoms with Gasteiger partial charge in [0.05, 0.1) is 47.7 Å². The number of fused-ring (bicyclic) bond motifs is 1. The molecule has 1 fully saturated rings. The summed E-state index contributed by atoms with van der Waals surface area (Å²) < 4.78 is 30.0. The summed E-state index contributed by atoms with van der Waals surface area (Å²) in [5, 5.41) is 0. The molecule has 0 radical (unpaired) electrons. The maximum Gasteiger partial charge on any atom is 0.261 e. The molecule has 0 aliphatic carbocycles. The summed E-state index contributed by atoms with van der Waals surface area (Å²) >= 11 is 0. The highest BCUT2D eigenvalue weighted by Gasteiger charge is 2.18. The number of anilines is 1. The zero-order chi connectivity index (χ0) is 19.7. The van der Waals surface area contributed by atoms with Gasteiger partial charge in [-0.05, 0) is 37.3 Å². The first kappa shape index (κ1) is 19.0. The van der Waals surface area contributed by atoms with Gasteiger partial charge in [0, 0.05) is 19.9 Å². The molecule has 0 amide bonds. The average Bonchev–Trinajstić information content (AvgIpc) is 3.28. The first-order chi connectivity index (χ1) is 13.4. The fourth-order valence-corrected chi connectivity index (χ4v) is 4.93. The molecule has 0 unspecified atom stereocenters. The monoisotopic (exact) mass is 399 g/mol. The molecule has 0 saturated carbocycles. The molecule has 7 heteroatoms. The molecule has 0 bridgehead atoms. The van der Waals surface area contributed by atoms with Crippen molar-refractivity contribution in [2.45, 2.75) is 31.1 Å². The first-order valence-corrected chi connectivity index (χ1v) is 11.3. The zero-order valence-corrected chi connectivity index (χ0v) is 17.2. The number of nitrogens with zero attached hydrogens (tertiary/aromatic N) is 2. The van der Waals surface area contributed by atoms with Crippen LogP contribution in [0.25, 0.3) is 11.0 Å². The molecule has 2 heterocycles. The van der Waals surface area contributed by atoms with E-state index in [0.29, 0.717) is 5.69 Å². The molecular weight excluding hydrogens is 372 g/mol. The Balaban J connectivity index is 1.54. The highest BCUT2D eigenvalue weighted by atomic mass is 32.2. The van der Waals surface area contributed by atoms with Gasteiger partial charge < -0.3 is 9.47 Å². The molecule has 4 rings (SSSR count). The van der Waals surface area contributed by atoms with Crippen molar-refractivity contribution in [1.82, 2.24) is 9.55 Å². The summed E-state index contributed by atoms with van der Waals surface area (Å²) in [4.78, 5) is 6.67. The van der Waals surface area contributed by atoms with E-state index >= 15 is 0 Å². The molecule has 2 aromatic carbocycles. The Morgan fingerprint density at radius 3 is 2.54 bits per heavy atom. The second kappa shape index (κ2) is 7.56. The fraction of sp³-hybridized carbons (Fsp3) is 0.381. The molecule has 6 nitrogen and oxygen atoms in total. The van der Waals surface area contributed by atoms with Gasteiger partial charge in [-0.2, -0.15) is 0 Å². The summed E-state index contributed by atoms with van der Waals surface area (Å²) in [6, 6.07) is 12.4. The Labute approximate surface area is 166 Å². The van der Waals surface area contributed by atoms with Crippen LogP contribution >= 0.6 is 0 Å². The van der Waals surface area contributed by atoms with Crippen LogP contribution in [0.1, 0.15) is 24.2 Å². The van der Waals surface area contributed by atoms with Crippen LogP contribution in [0, 0.1) is 6.92 Å². The minimum absolute atomic E-state index is 0.258. The van der Waals surface area contributed by atoms with E-state index in [0.717, 1.165) is 35.4 Å². The molecule has 148 valence electrons. The van der Waals surface area contributed by atoms with Gasteiger partial charge in [0.2, 0.25) is 0 Å². The molecule has 2 N–H and O–H groups in total. The van der Waals surface area contributed by atoms with Gasteiger partial charge in [-0.1, -0.05) is 17.7 Å². The molecule has 0 atom stereocenters. The van der Waals surface area contributed by atoms with Crippen molar-refractivity contribution < 1.29 is 13.3 Å². The van der Waals surface area contributed by atoms with E-state index in [1.54, 1.807) is 35.2 Å². The Hall–Kier alpha value is -2.38. The topological polar surface area (TPSA) is 68.4 Å². The number of hydrogen-bond donors (Lipinski definition) is 2. The van der Waals surface area contributed by atoms with Gasteiger partial charge in [-0.25, -0.2) is 13.4 Å². The summed E-state index contributed by atoms with van der Waals surface area (Å²) in [7, 11) is -1.58. The van der Waals surface area contributed by atoms with Crippen LogP contribution in [0.3, 0.4) is 0 Å². The van der Waals surface area contributed by atoms with Crippen molar-refractivity contribution in [3.05, 3.63) is 53.9 Å². The van der Waals surface area contributed by atoms with Crippen molar-refractivity contribution in [2.75, 3.05) is 24.4 Å². The predicted octanol–water partition coefficient (Wildman–Crippen LogP) is 1.90. The third-order valence-electron chi connectivity index (χ3n) is 5.57. The number of imidazole rings is 1. The maximum atomic E-state index is 12.6. The Bertz CT molecular complexity index is 1080. The quantitative estimate of drug-likeness (QED) is 0.665. The van der Waals surface area contributed by atoms with E-state index in [1.807, 2.05) is 26.1 Å². The zero-order valence-electron chi connectivity index (χ0n) is 16.4. The number of likely N-dealkylation sites (tertiary alicyclic amines) is 1. The second-order valence-corrected chi connectivity index (χ2v) is 9.35. The molecule has 0 spiro atoms. The lowest BCUT2D eigenvalue weighted by Gasteiger charge is -2.11. The largest absolute Gasteiger partial charge is 0.335 e. The lowest BCUT2D eigenvalue weighted by atomic mass is 10.2. The van der Waals surface area contributed by atoms with Crippen molar-refractivity contribution in [1.29, 1.82) is 0 Å². The average molecular weight is 400 g/mol. The van der Waals surface area contributed by atoms with Crippen LogP contribution in [0.15, 0.2) is 47.4 Å². The number of benzene rings is 2. The van der Waals surface area contributed by atoms with E-state index < -0.39 is 10.0 Å². The van der Waals surface area contributed by atoms with Crippen LogP contribution < -0.4 is 9.62 Å². The van der Waals surface area contributed by atoms with Crippen LogP contribution in [0.2, 0.25) is 0 Å². The van der Waals surface area contributed by atoms with E-state index in [9.17, 15) is 8.42 Å². The highest BCUT2D eigenvalue weighted by Crippen LogP contribution is 2.22. The third kappa shape index (κ3) is 3.91. The van der Waals surface area contributed by atoms with E-state index in [-0.39, 0.29) is 4.90 Å². The maximum absolute atomic E-state index is 12.6. The minimum Gasteiger partial charge on any atom is -0.335 e. The number of aromatic nitrogens is 2. The normalized spacial score (nSPS) is 15.4. The number of sulfonamides is 1. The Kier molecular flexibility index (Phi) is 5.12. The number of rotatable bonds is 6. The number of hydrogen-bond acceptors (Lipinski definition) is 3. The summed E-state index contributed by atoms with van der Waals surface area (Å²) in [6.07, 6.45) is 3.58. The van der Waals surface area contributed by atoms with Gasteiger partial charge in [0.1, 0.15) is 5.82 Å². The first-order valence-electron chi connectivity index (χ1n) is 9.81. The molecule has 1 aliphatic rings. The highest BCUT2D eigenvalue weighted by molar-refractivity contribution is 7.92. The summed E-state index contributed by atoms with van der Waals surface area (Å²) in [6.45, 7) is 5.55. The number of aryl methyl sites for hydroxylation is 2. The van der Waals surface area contributed by atoms with Crippen LogP contribution in [0.5, 0.6) is 0 Å². The Morgan fingerprint density at radius 2 is 1.82 bits per heavy atom. The van der Waals surface area contributed by atoms with Gasteiger partial charge in [-0.15, -0.1) is 0 Å². The number of quaternary nitrogens is 1. The molecule has 1 saturated heterocycles. The summed E-state index contributed by atoms with van der Waals surface area (Å²) in [5.41, 5.74) is 3.39. The van der Waals surface area contributed by atoms with Crippen molar-refractivity contribution in [2.24, 2.45) is 7.05 Å². The van der Waals surface area contributed by atoms with Gasteiger partial charge in [0.15, 0.2) is 0 Å². The van der Waals surface area contributed by atoms with Gasteiger partial charge in [0.25, 0.3) is 10.0 Å². The Morgan fingerprint density at radius 1 is 1.11 bits per heavy atom. The third-order valence-corrected chi connectivity index (χ3v) is 6.97. The van der Waals surface area contributed by atoms with E-state index in [2.05, 4.69) is 9.29 Å². The molecule has 3 aromatic rings. The lowest BCUT2D eigenvalue weighted by molar-refractivity contribution is -0.887. The van der Waals surface area contributed by atoms with Crippen molar-refractivity contribution in [3.63, 3.8) is 0 Å². The SMILES string of the molecule is Cc1ccc(S(=O)(=O)Nc2ccc3c(c2)nc(CC[NH+]2CCCC2)n3C)cc1. The summed E-state index contributed by atoms with van der Waals surface area (Å²) in [5.74, 6) is 1.05. The van der Waals surface area contributed by atoms with Crippen molar-refractivity contribution >= 4 is 26.7 Å². The standard InChI is InChI=1S/C21H26N4O2S/c1-16-5-8-18(9-6-16)28(26,27)23-17-7-10-20-19(15-17)22-21(24(20)2)11-14-25-12-3-4-13-25/h5-10,15,23H,3-4,11-14H2,1-2H3/p+1. The van der Waals surface area contributed by atoms with Crippen LogP contribution in [-0.4, -0.2) is 37.6 Å². The lowest BCUT2D eigenvalue weighted by Crippen LogP contribution is -3.10. The van der Waals surface area contributed by atoms with Crippen molar-refractivity contribution in [3.8, 4) is 0 Å². The molecular formula is C21H27N4O2S+. The van der Waals surface area contributed by atoms with Crippen LogP contribution in [-0.2, 0) is 23.5 Å². The fourth-order valence-electron chi connectivity index (χ4n) is 3.88. The molecule has 1 aromatic heterocycles. The molecule has 28 heavy (non-hydrogen) atoms. The van der Waals surface area contributed by atoms with Crippen LogP contribution in [0.4, 0.5) is 5.69 Å².